The van der Waals surface area contributed by atoms with E-state index < -0.39 is 0 Å². The van der Waals surface area contributed by atoms with Crippen LogP contribution in [0.5, 0.6) is 11.5 Å². The number of hydrogen-bond donors (Lipinski definition) is 0. The maximum absolute atomic E-state index is 8.80. The number of nitriles is 1. The normalized spacial score (nSPS) is 9.68. The van der Waals surface area contributed by atoms with Gasteiger partial charge in [-0.3, -0.25) is 0 Å². The van der Waals surface area contributed by atoms with Gasteiger partial charge in [0.15, 0.2) is 11.5 Å². The molecule has 0 aliphatic rings. The zero-order valence-corrected chi connectivity index (χ0v) is 10.8. The molecule has 0 N–H and O–H groups in total. The molecule has 0 radical (unpaired) electrons. The van der Waals surface area contributed by atoms with Crippen molar-refractivity contribution in [1.82, 2.24) is 0 Å². The summed E-state index contributed by atoms with van der Waals surface area (Å²) in [5, 5.41) is 8.80. The Balaban J connectivity index is 2.13. The molecule has 96 valence electrons. The van der Waals surface area contributed by atoms with Gasteiger partial charge in [0.2, 0.25) is 0 Å². The number of para-hydroxylation sites is 2. The fraction of sp³-hybridized carbons (Fsp3) is 0.188. The summed E-state index contributed by atoms with van der Waals surface area (Å²) in [6.07, 6.45) is 0.394. The fourth-order valence-electron chi connectivity index (χ4n) is 1.85. The molecule has 0 unspecified atom stereocenters. The SMILES string of the molecule is COc1ccccc1OCc1ccccc1CC#N. The fourth-order valence-corrected chi connectivity index (χ4v) is 1.85. The molecule has 2 aromatic rings. The second kappa shape index (κ2) is 6.46. The Morgan fingerprint density at radius 2 is 1.58 bits per heavy atom. The first-order valence-corrected chi connectivity index (χ1v) is 6.04. The molecule has 0 heterocycles. The summed E-state index contributed by atoms with van der Waals surface area (Å²) in [5.74, 6) is 1.41. The van der Waals surface area contributed by atoms with E-state index in [-0.39, 0.29) is 0 Å². The van der Waals surface area contributed by atoms with Crippen LogP contribution in [-0.4, -0.2) is 7.11 Å². The molecule has 19 heavy (non-hydrogen) atoms. The van der Waals surface area contributed by atoms with Gasteiger partial charge in [-0.15, -0.1) is 0 Å². The second-order valence-corrected chi connectivity index (χ2v) is 4.04. The monoisotopic (exact) mass is 253 g/mol. The van der Waals surface area contributed by atoms with Crippen molar-refractivity contribution < 1.29 is 9.47 Å². The minimum atomic E-state index is 0.394. The largest absolute Gasteiger partial charge is 0.493 e. The van der Waals surface area contributed by atoms with Gasteiger partial charge in [0, 0.05) is 0 Å². The minimum Gasteiger partial charge on any atom is -0.493 e. The summed E-state index contributed by atoms with van der Waals surface area (Å²) in [5.41, 5.74) is 2.02. The molecule has 0 saturated heterocycles. The van der Waals surface area contributed by atoms with Crippen LogP contribution in [0.1, 0.15) is 11.1 Å². The lowest BCUT2D eigenvalue weighted by Gasteiger charge is -2.12. The van der Waals surface area contributed by atoms with E-state index in [0.29, 0.717) is 24.5 Å². The molecule has 0 atom stereocenters. The third kappa shape index (κ3) is 3.26. The van der Waals surface area contributed by atoms with Gasteiger partial charge in [-0.25, -0.2) is 0 Å². The van der Waals surface area contributed by atoms with E-state index in [1.165, 1.54) is 0 Å². The molecule has 3 heteroatoms. The van der Waals surface area contributed by atoms with Crippen molar-refractivity contribution >= 4 is 0 Å². The number of benzene rings is 2. The summed E-state index contributed by atoms with van der Waals surface area (Å²) >= 11 is 0. The average Bonchev–Trinajstić information content (AvgIpc) is 2.47. The van der Waals surface area contributed by atoms with Crippen LogP contribution in [0.2, 0.25) is 0 Å². The Morgan fingerprint density at radius 3 is 2.26 bits per heavy atom. The molecule has 0 spiro atoms. The lowest BCUT2D eigenvalue weighted by Crippen LogP contribution is -2.00. The summed E-state index contributed by atoms with van der Waals surface area (Å²) < 4.78 is 11.0. The van der Waals surface area contributed by atoms with E-state index in [1.807, 2.05) is 48.5 Å². The van der Waals surface area contributed by atoms with Crippen molar-refractivity contribution in [3.63, 3.8) is 0 Å². The van der Waals surface area contributed by atoms with E-state index in [2.05, 4.69) is 6.07 Å². The average molecular weight is 253 g/mol. The van der Waals surface area contributed by atoms with Crippen molar-refractivity contribution in [3.05, 3.63) is 59.7 Å². The van der Waals surface area contributed by atoms with Gasteiger partial charge in [-0.2, -0.15) is 5.26 Å². The first-order valence-electron chi connectivity index (χ1n) is 6.04. The molecule has 0 bridgehead atoms. The molecule has 0 aliphatic carbocycles. The third-order valence-corrected chi connectivity index (χ3v) is 2.84. The van der Waals surface area contributed by atoms with Crippen molar-refractivity contribution in [2.45, 2.75) is 13.0 Å². The van der Waals surface area contributed by atoms with E-state index in [1.54, 1.807) is 7.11 Å². The number of ether oxygens (including phenoxy) is 2. The Bertz CT molecular complexity index is 587. The van der Waals surface area contributed by atoms with Gasteiger partial charge in [0.05, 0.1) is 19.6 Å². The molecule has 2 aromatic carbocycles. The van der Waals surface area contributed by atoms with Crippen LogP contribution in [0.3, 0.4) is 0 Å². The number of hydrogen-bond acceptors (Lipinski definition) is 3. The van der Waals surface area contributed by atoms with Crippen LogP contribution in [0.15, 0.2) is 48.5 Å². The molecular formula is C16H15NO2. The first-order chi connectivity index (χ1) is 9.35. The topological polar surface area (TPSA) is 42.2 Å². The highest BCUT2D eigenvalue weighted by molar-refractivity contribution is 5.39. The van der Waals surface area contributed by atoms with E-state index in [0.717, 1.165) is 11.1 Å². The molecule has 3 nitrogen and oxygen atoms in total. The van der Waals surface area contributed by atoms with Crippen LogP contribution in [0.25, 0.3) is 0 Å². The quantitative estimate of drug-likeness (QED) is 0.820. The molecule has 0 amide bonds. The Kier molecular flexibility index (Phi) is 4.41. The Morgan fingerprint density at radius 1 is 0.947 bits per heavy atom. The van der Waals surface area contributed by atoms with Crippen molar-refractivity contribution in [2.24, 2.45) is 0 Å². The minimum absolute atomic E-state index is 0.394. The molecule has 0 saturated carbocycles. The highest BCUT2D eigenvalue weighted by atomic mass is 16.5. The van der Waals surface area contributed by atoms with Gasteiger partial charge >= 0.3 is 0 Å². The van der Waals surface area contributed by atoms with Crippen LogP contribution in [0.4, 0.5) is 0 Å². The maximum atomic E-state index is 8.80. The Labute approximate surface area is 113 Å². The molecular weight excluding hydrogens is 238 g/mol. The summed E-state index contributed by atoms with van der Waals surface area (Å²) in [6, 6.07) is 17.5. The first kappa shape index (κ1) is 13.0. The third-order valence-electron chi connectivity index (χ3n) is 2.84. The van der Waals surface area contributed by atoms with Gasteiger partial charge in [0.1, 0.15) is 6.61 Å². The van der Waals surface area contributed by atoms with E-state index >= 15 is 0 Å². The van der Waals surface area contributed by atoms with E-state index in [4.69, 9.17) is 14.7 Å². The highest BCUT2D eigenvalue weighted by Crippen LogP contribution is 2.27. The number of nitrogens with zero attached hydrogens (tertiary/aromatic N) is 1. The van der Waals surface area contributed by atoms with Gasteiger partial charge in [-0.1, -0.05) is 36.4 Å². The second-order valence-electron chi connectivity index (χ2n) is 4.04. The van der Waals surface area contributed by atoms with Crippen molar-refractivity contribution in [3.8, 4) is 17.6 Å². The molecule has 2 rings (SSSR count). The summed E-state index contributed by atoms with van der Waals surface area (Å²) in [7, 11) is 1.62. The molecule has 0 fully saturated rings. The summed E-state index contributed by atoms with van der Waals surface area (Å²) in [6.45, 7) is 0.429. The van der Waals surface area contributed by atoms with Crippen LogP contribution < -0.4 is 9.47 Å². The maximum Gasteiger partial charge on any atom is 0.161 e. The lowest BCUT2D eigenvalue weighted by molar-refractivity contribution is 0.284. The van der Waals surface area contributed by atoms with Crippen molar-refractivity contribution in [2.75, 3.05) is 7.11 Å². The van der Waals surface area contributed by atoms with Crippen LogP contribution in [-0.2, 0) is 13.0 Å². The predicted molar refractivity (Wildman–Crippen MR) is 73.1 cm³/mol. The highest BCUT2D eigenvalue weighted by Gasteiger charge is 2.05. The zero-order valence-electron chi connectivity index (χ0n) is 10.8. The van der Waals surface area contributed by atoms with Gasteiger partial charge < -0.3 is 9.47 Å². The smallest absolute Gasteiger partial charge is 0.161 e. The Hall–Kier alpha value is -2.47. The van der Waals surface area contributed by atoms with E-state index in [9.17, 15) is 0 Å². The summed E-state index contributed by atoms with van der Waals surface area (Å²) in [4.78, 5) is 0. The molecule has 0 aliphatic heterocycles. The number of rotatable bonds is 5. The lowest BCUT2D eigenvalue weighted by atomic mass is 10.1. The van der Waals surface area contributed by atoms with Gasteiger partial charge in [0.25, 0.3) is 0 Å². The number of methoxy groups -OCH3 is 1. The predicted octanol–water partition coefficient (Wildman–Crippen LogP) is 3.34. The van der Waals surface area contributed by atoms with Gasteiger partial charge in [-0.05, 0) is 23.3 Å². The molecule has 0 aromatic heterocycles. The van der Waals surface area contributed by atoms with Crippen LogP contribution >= 0.6 is 0 Å². The van der Waals surface area contributed by atoms with Crippen molar-refractivity contribution in [1.29, 1.82) is 5.26 Å². The van der Waals surface area contributed by atoms with Crippen LogP contribution in [0, 0.1) is 11.3 Å². The zero-order chi connectivity index (χ0) is 13.5. The standard InChI is InChI=1S/C16H15NO2/c1-18-15-8-4-5-9-16(15)19-12-14-7-3-2-6-13(14)10-11-17/h2-9H,10,12H2,1H3.